The molecule has 2 aromatic heterocycles. The lowest BCUT2D eigenvalue weighted by atomic mass is 10.1. The second kappa shape index (κ2) is 8.68. The van der Waals surface area contributed by atoms with Crippen molar-refractivity contribution in [2.45, 2.75) is 39.3 Å². The summed E-state index contributed by atoms with van der Waals surface area (Å²) >= 11 is 0. The topological polar surface area (TPSA) is 91.2 Å². The smallest absolute Gasteiger partial charge is 0.321 e. The summed E-state index contributed by atoms with van der Waals surface area (Å²) in [6, 6.07) is 7.66. The average Bonchev–Trinajstić information content (AvgIpc) is 3.25. The summed E-state index contributed by atoms with van der Waals surface area (Å²) < 4.78 is 16.8. The van der Waals surface area contributed by atoms with Crippen molar-refractivity contribution in [1.29, 1.82) is 0 Å². The lowest BCUT2D eigenvalue weighted by Gasteiger charge is -2.29. The summed E-state index contributed by atoms with van der Waals surface area (Å²) in [4.78, 5) is 28.8. The number of nitrogens with one attached hydrogen (secondary N) is 2. The van der Waals surface area contributed by atoms with Gasteiger partial charge in [0, 0.05) is 43.5 Å². The van der Waals surface area contributed by atoms with E-state index in [9.17, 15) is 9.18 Å². The highest BCUT2D eigenvalue weighted by atomic mass is 19.1. The second-order valence-electron chi connectivity index (χ2n) is 8.58. The van der Waals surface area contributed by atoms with Crippen LogP contribution in [0.4, 0.5) is 32.3 Å². The van der Waals surface area contributed by atoms with E-state index < -0.39 is 5.82 Å². The van der Waals surface area contributed by atoms with Gasteiger partial charge in [-0.1, -0.05) is 0 Å². The number of carbonyl (C=O) groups is 1. The molecule has 0 radical (unpaired) electrons. The number of fused-ring (bicyclic) bond motifs is 1. The van der Waals surface area contributed by atoms with Crippen LogP contribution in [0, 0.1) is 5.82 Å². The number of aromatic nitrogens is 4. The Kier molecular flexibility index (Phi) is 5.57. The van der Waals surface area contributed by atoms with E-state index in [1.54, 1.807) is 4.90 Å². The van der Waals surface area contributed by atoms with Gasteiger partial charge in [0.1, 0.15) is 0 Å². The number of imidazole rings is 1. The SMILES string of the molecule is CC(C)n1cnc2c1CN(c1nc(Nc3ccc(N4CCCNC4=O)cc3)ncc1F)CC2. The first kappa shape index (κ1) is 21.2. The van der Waals surface area contributed by atoms with Gasteiger partial charge in [0.25, 0.3) is 0 Å². The second-order valence-corrected chi connectivity index (χ2v) is 8.58. The lowest BCUT2D eigenvalue weighted by Crippen LogP contribution is -2.46. The Hall–Kier alpha value is -3.69. The molecule has 0 spiro atoms. The molecule has 2 aliphatic rings. The van der Waals surface area contributed by atoms with Crippen LogP contribution in [0.3, 0.4) is 0 Å². The van der Waals surface area contributed by atoms with Gasteiger partial charge >= 0.3 is 6.03 Å². The van der Waals surface area contributed by atoms with Gasteiger partial charge in [-0.05, 0) is 44.5 Å². The number of hydrogen-bond donors (Lipinski definition) is 2. The molecule has 2 N–H and O–H groups in total. The van der Waals surface area contributed by atoms with Crippen molar-refractivity contribution in [1.82, 2.24) is 24.8 Å². The summed E-state index contributed by atoms with van der Waals surface area (Å²) in [6.07, 6.45) is 4.71. The fraction of sp³-hybridized carbons (Fsp3) is 0.391. The Bertz CT molecular complexity index is 1160. The van der Waals surface area contributed by atoms with E-state index in [0.717, 1.165) is 35.6 Å². The van der Waals surface area contributed by atoms with Crippen molar-refractivity contribution in [2.24, 2.45) is 0 Å². The van der Waals surface area contributed by atoms with Crippen LogP contribution in [0.2, 0.25) is 0 Å². The lowest BCUT2D eigenvalue weighted by molar-refractivity contribution is 0.243. The molecule has 33 heavy (non-hydrogen) atoms. The van der Waals surface area contributed by atoms with Gasteiger partial charge in [-0.25, -0.2) is 19.2 Å². The number of benzene rings is 1. The summed E-state index contributed by atoms with van der Waals surface area (Å²) in [5, 5.41) is 5.99. The summed E-state index contributed by atoms with van der Waals surface area (Å²) in [5.41, 5.74) is 3.74. The van der Waals surface area contributed by atoms with Gasteiger partial charge < -0.3 is 20.1 Å². The van der Waals surface area contributed by atoms with Crippen LogP contribution in [-0.2, 0) is 13.0 Å². The molecular weight excluding hydrogens is 423 g/mol. The zero-order valence-electron chi connectivity index (χ0n) is 18.8. The van der Waals surface area contributed by atoms with Gasteiger partial charge in [0.15, 0.2) is 11.6 Å². The largest absolute Gasteiger partial charge is 0.348 e. The van der Waals surface area contributed by atoms with Gasteiger partial charge in [-0.15, -0.1) is 0 Å². The Morgan fingerprint density at radius 2 is 1.97 bits per heavy atom. The first-order valence-corrected chi connectivity index (χ1v) is 11.2. The Morgan fingerprint density at radius 1 is 1.15 bits per heavy atom. The maximum absolute atomic E-state index is 14.7. The molecule has 10 heteroatoms. The number of amides is 2. The molecule has 5 rings (SSSR count). The van der Waals surface area contributed by atoms with Crippen LogP contribution in [0.15, 0.2) is 36.8 Å². The predicted octanol–water partition coefficient (Wildman–Crippen LogP) is 3.62. The first-order chi connectivity index (χ1) is 16.0. The molecule has 3 aromatic rings. The molecule has 1 fully saturated rings. The Labute approximate surface area is 191 Å². The van der Waals surface area contributed by atoms with E-state index in [0.29, 0.717) is 32.1 Å². The van der Waals surface area contributed by atoms with Crippen molar-refractivity contribution in [2.75, 3.05) is 34.8 Å². The molecule has 0 saturated carbocycles. The average molecular weight is 451 g/mol. The fourth-order valence-electron chi connectivity index (χ4n) is 4.30. The monoisotopic (exact) mass is 450 g/mol. The summed E-state index contributed by atoms with van der Waals surface area (Å²) in [7, 11) is 0. The third kappa shape index (κ3) is 4.20. The molecule has 2 amide bonds. The minimum Gasteiger partial charge on any atom is -0.348 e. The number of halogens is 1. The molecule has 0 bridgehead atoms. The minimum absolute atomic E-state index is 0.0861. The van der Waals surface area contributed by atoms with E-state index in [4.69, 9.17) is 0 Å². The predicted molar refractivity (Wildman–Crippen MR) is 124 cm³/mol. The van der Waals surface area contributed by atoms with E-state index in [2.05, 4.69) is 44.0 Å². The van der Waals surface area contributed by atoms with Crippen LogP contribution >= 0.6 is 0 Å². The summed E-state index contributed by atoms with van der Waals surface area (Å²) in [6.45, 7) is 6.80. The molecule has 172 valence electrons. The van der Waals surface area contributed by atoms with Crippen molar-refractivity contribution < 1.29 is 9.18 Å². The minimum atomic E-state index is -0.453. The van der Waals surface area contributed by atoms with Crippen LogP contribution < -0.4 is 20.4 Å². The number of nitrogens with zero attached hydrogens (tertiary/aromatic N) is 6. The standard InChI is InChI=1S/C23H27FN8O/c1-15(2)32-14-27-19-8-11-30(13-20(19)32)21-18(24)12-26-22(29-21)28-16-4-6-17(7-5-16)31-10-3-9-25-23(31)33/h4-7,12,14-15H,3,8-11,13H2,1-2H3,(H,25,33)(H,26,28,29). The van der Waals surface area contributed by atoms with E-state index in [1.807, 2.05) is 35.5 Å². The van der Waals surface area contributed by atoms with Gasteiger partial charge in [-0.3, -0.25) is 4.90 Å². The Morgan fingerprint density at radius 3 is 2.73 bits per heavy atom. The number of urea groups is 1. The highest BCUT2D eigenvalue weighted by Gasteiger charge is 2.25. The number of anilines is 4. The quantitative estimate of drug-likeness (QED) is 0.617. The van der Waals surface area contributed by atoms with Crippen LogP contribution in [-0.4, -0.2) is 45.2 Å². The highest BCUT2D eigenvalue weighted by molar-refractivity contribution is 5.92. The van der Waals surface area contributed by atoms with Gasteiger partial charge in [-0.2, -0.15) is 4.98 Å². The molecule has 0 aliphatic carbocycles. The maximum Gasteiger partial charge on any atom is 0.321 e. The van der Waals surface area contributed by atoms with Crippen LogP contribution in [0.1, 0.15) is 37.7 Å². The fourth-order valence-corrected chi connectivity index (χ4v) is 4.30. The molecular formula is C23H27FN8O. The van der Waals surface area contributed by atoms with Crippen molar-refractivity contribution in [3.63, 3.8) is 0 Å². The van der Waals surface area contributed by atoms with E-state index in [-0.39, 0.29) is 17.9 Å². The zero-order chi connectivity index (χ0) is 22.9. The molecule has 1 saturated heterocycles. The number of rotatable bonds is 5. The Balaban J connectivity index is 1.33. The van der Waals surface area contributed by atoms with Gasteiger partial charge in [0.05, 0.1) is 30.5 Å². The van der Waals surface area contributed by atoms with Crippen molar-refractivity contribution in [3.05, 3.63) is 54.0 Å². The molecule has 1 aromatic carbocycles. The van der Waals surface area contributed by atoms with Crippen LogP contribution in [0.25, 0.3) is 0 Å². The maximum atomic E-state index is 14.7. The molecule has 2 aliphatic heterocycles. The van der Waals surface area contributed by atoms with Crippen molar-refractivity contribution in [3.8, 4) is 0 Å². The number of hydrogen-bond acceptors (Lipinski definition) is 6. The molecule has 9 nitrogen and oxygen atoms in total. The highest BCUT2D eigenvalue weighted by Crippen LogP contribution is 2.28. The summed E-state index contributed by atoms with van der Waals surface area (Å²) in [5.74, 6) is 0.139. The third-order valence-corrected chi connectivity index (χ3v) is 6.04. The van der Waals surface area contributed by atoms with E-state index >= 15 is 0 Å². The van der Waals surface area contributed by atoms with Gasteiger partial charge in [0.2, 0.25) is 5.95 Å². The zero-order valence-corrected chi connectivity index (χ0v) is 18.8. The van der Waals surface area contributed by atoms with Crippen LogP contribution in [0.5, 0.6) is 0 Å². The normalized spacial score (nSPS) is 16.1. The first-order valence-electron chi connectivity index (χ1n) is 11.2. The number of carbonyl (C=O) groups excluding carboxylic acids is 1. The third-order valence-electron chi connectivity index (χ3n) is 6.04. The van der Waals surface area contributed by atoms with Crippen molar-refractivity contribution >= 4 is 29.2 Å². The molecule has 0 atom stereocenters. The van der Waals surface area contributed by atoms with E-state index in [1.165, 1.54) is 6.20 Å². The molecule has 4 heterocycles. The molecule has 0 unspecified atom stereocenters.